The number of piperazine rings is 1. The second-order valence-electron chi connectivity index (χ2n) is 5.02. The monoisotopic (exact) mass is 274 g/mol. The first kappa shape index (κ1) is 13.5. The summed E-state index contributed by atoms with van der Waals surface area (Å²) >= 11 is 0. The zero-order valence-corrected chi connectivity index (χ0v) is 11.7. The van der Waals surface area contributed by atoms with Gasteiger partial charge in [-0.15, -0.1) is 0 Å². The smallest absolute Gasteiger partial charge is 0.324 e. The fourth-order valence-corrected chi connectivity index (χ4v) is 2.86. The van der Waals surface area contributed by atoms with Crippen molar-refractivity contribution in [1.29, 1.82) is 0 Å². The van der Waals surface area contributed by atoms with Gasteiger partial charge in [-0.05, 0) is 18.1 Å². The fraction of sp³-hybridized carbons (Fsp3) is 0.467. The number of carbonyl (C=O) groups excluding carboxylic acids is 1. The molecule has 5 nitrogen and oxygen atoms in total. The average molecular weight is 274 g/mol. The standard InChI is InChI=1S/C15H20N3O2/c1-2-20-15(19)13-10-16-7-8-18(13)14-12-6-4-3-5-11(12)9-17-14/h3-6,13,16-17H,2,7-10H2,1H3. The van der Waals surface area contributed by atoms with E-state index < -0.39 is 0 Å². The molecule has 0 saturated carbocycles. The number of hydrogen-bond donors (Lipinski definition) is 2. The summed E-state index contributed by atoms with van der Waals surface area (Å²) in [5, 5.41) is 6.69. The van der Waals surface area contributed by atoms with E-state index in [2.05, 4.69) is 27.7 Å². The highest BCUT2D eigenvalue weighted by Gasteiger charge is 2.38. The Balaban J connectivity index is 1.82. The predicted octanol–water partition coefficient (Wildman–Crippen LogP) is 0.464. The van der Waals surface area contributed by atoms with Crippen molar-refractivity contribution in [2.75, 3.05) is 26.2 Å². The van der Waals surface area contributed by atoms with Crippen molar-refractivity contribution in [1.82, 2.24) is 15.5 Å². The van der Waals surface area contributed by atoms with Gasteiger partial charge in [0.05, 0.1) is 6.61 Å². The number of nitrogens with zero attached hydrogens (tertiary/aromatic N) is 1. The third kappa shape index (κ3) is 2.44. The summed E-state index contributed by atoms with van der Waals surface area (Å²) in [7, 11) is 0. The minimum absolute atomic E-state index is 0.154. The Kier molecular flexibility index (Phi) is 4.00. The van der Waals surface area contributed by atoms with Gasteiger partial charge >= 0.3 is 5.97 Å². The fourth-order valence-electron chi connectivity index (χ4n) is 2.86. The van der Waals surface area contributed by atoms with Gasteiger partial charge in [0.2, 0.25) is 0 Å². The lowest BCUT2D eigenvalue weighted by molar-refractivity contribution is -0.150. The molecule has 1 atom stereocenters. The summed E-state index contributed by atoms with van der Waals surface area (Å²) in [6, 6.07) is 8.06. The van der Waals surface area contributed by atoms with E-state index in [1.54, 1.807) is 0 Å². The van der Waals surface area contributed by atoms with Crippen molar-refractivity contribution in [3.8, 4) is 0 Å². The molecular formula is C15H20N3O2. The minimum Gasteiger partial charge on any atom is -0.465 e. The van der Waals surface area contributed by atoms with Gasteiger partial charge in [-0.1, -0.05) is 24.3 Å². The lowest BCUT2D eigenvalue weighted by atomic mass is 10.1. The van der Waals surface area contributed by atoms with Crippen LogP contribution in [0.3, 0.4) is 0 Å². The first-order chi connectivity index (χ1) is 9.81. The van der Waals surface area contributed by atoms with Crippen LogP contribution in [-0.4, -0.2) is 43.2 Å². The Morgan fingerprint density at radius 1 is 1.45 bits per heavy atom. The quantitative estimate of drug-likeness (QED) is 0.785. The van der Waals surface area contributed by atoms with Gasteiger partial charge in [-0.25, -0.2) is 0 Å². The summed E-state index contributed by atoms with van der Waals surface area (Å²) in [6.45, 7) is 5.40. The van der Waals surface area contributed by atoms with E-state index in [4.69, 9.17) is 4.74 Å². The first-order valence-electron chi connectivity index (χ1n) is 7.14. The molecule has 1 fully saturated rings. The molecule has 2 aliphatic rings. The van der Waals surface area contributed by atoms with E-state index in [9.17, 15) is 4.79 Å². The summed E-state index contributed by atoms with van der Waals surface area (Å²) < 4.78 is 5.20. The maximum atomic E-state index is 12.1. The number of ether oxygens (including phenoxy) is 1. The molecule has 0 amide bonds. The van der Waals surface area contributed by atoms with Crippen molar-refractivity contribution in [2.24, 2.45) is 0 Å². The number of carbonyl (C=O) groups is 1. The number of fused-ring (bicyclic) bond motifs is 1. The van der Waals surface area contributed by atoms with Crippen LogP contribution in [0.5, 0.6) is 0 Å². The van der Waals surface area contributed by atoms with Gasteiger partial charge < -0.3 is 10.1 Å². The number of rotatable bonds is 3. The molecule has 107 valence electrons. The average Bonchev–Trinajstić information content (AvgIpc) is 2.91. The molecule has 2 N–H and O–H groups in total. The second-order valence-corrected chi connectivity index (χ2v) is 5.02. The molecule has 1 saturated heterocycles. The van der Waals surface area contributed by atoms with E-state index in [0.29, 0.717) is 13.2 Å². The van der Waals surface area contributed by atoms with Crippen molar-refractivity contribution in [3.63, 3.8) is 0 Å². The van der Waals surface area contributed by atoms with Gasteiger partial charge in [0.15, 0.2) is 0 Å². The first-order valence-corrected chi connectivity index (χ1v) is 7.14. The number of hydrogen-bond acceptors (Lipinski definition) is 5. The van der Waals surface area contributed by atoms with E-state index in [-0.39, 0.29) is 12.0 Å². The van der Waals surface area contributed by atoms with Crippen molar-refractivity contribution in [2.45, 2.75) is 19.5 Å². The number of esters is 1. The topological polar surface area (TPSA) is 53.6 Å². The molecule has 1 radical (unpaired) electrons. The van der Waals surface area contributed by atoms with Gasteiger partial charge in [-0.2, -0.15) is 0 Å². The molecule has 0 spiro atoms. The second kappa shape index (κ2) is 5.91. The number of benzene rings is 1. The van der Waals surface area contributed by atoms with E-state index in [1.807, 2.05) is 19.1 Å². The molecule has 20 heavy (non-hydrogen) atoms. The Morgan fingerprint density at radius 3 is 3.15 bits per heavy atom. The maximum absolute atomic E-state index is 12.1. The Labute approximate surface area is 119 Å². The van der Waals surface area contributed by atoms with Crippen LogP contribution in [0.2, 0.25) is 0 Å². The van der Waals surface area contributed by atoms with Crippen LogP contribution in [-0.2, 0) is 16.1 Å². The van der Waals surface area contributed by atoms with Crippen LogP contribution in [0.4, 0.5) is 0 Å². The highest BCUT2D eigenvalue weighted by atomic mass is 16.5. The number of nitrogens with one attached hydrogen (secondary N) is 2. The van der Waals surface area contributed by atoms with Crippen LogP contribution >= 0.6 is 0 Å². The van der Waals surface area contributed by atoms with Gasteiger partial charge in [0, 0.05) is 26.2 Å². The van der Waals surface area contributed by atoms with Gasteiger partial charge in [0.25, 0.3) is 0 Å². The van der Waals surface area contributed by atoms with Crippen molar-refractivity contribution in [3.05, 3.63) is 41.6 Å². The maximum Gasteiger partial charge on any atom is 0.324 e. The molecule has 2 aliphatic heterocycles. The Bertz CT molecular complexity index is 492. The summed E-state index contributed by atoms with van der Waals surface area (Å²) in [5.41, 5.74) is 2.48. The predicted molar refractivity (Wildman–Crippen MR) is 75.6 cm³/mol. The molecule has 0 aliphatic carbocycles. The largest absolute Gasteiger partial charge is 0.465 e. The minimum atomic E-state index is -0.252. The molecule has 1 aromatic rings. The van der Waals surface area contributed by atoms with Crippen molar-refractivity contribution < 1.29 is 9.53 Å². The van der Waals surface area contributed by atoms with Crippen LogP contribution in [0.25, 0.3) is 0 Å². The molecular weight excluding hydrogens is 254 g/mol. The van der Waals surface area contributed by atoms with Gasteiger partial charge in [-0.3, -0.25) is 15.0 Å². The highest BCUT2D eigenvalue weighted by Crippen LogP contribution is 2.29. The third-order valence-corrected chi connectivity index (χ3v) is 3.81. The molecule has 2 heterocycles. The van der Waals surface area contributed by atoms with Crippen LogP contribution in [0.1, 0.15) is 18.1 Å². The third-order valence-electron chi connectivity index (χ3n) is 3.81. The van der Waals surface area contributed by atoms with Crippen LogP contribution < -0.4 is 10.6 Å². The SMILES string of the molecule is CCOC(=O)C1CNCCN1[C]1NCc2ccccc21. The normalized spacial score (nSPS) is 23.6. The van der Waals surface area contributed by atoms with Gasteiger partial charge in [0.1, 0.15) is 12.2 Å². The lowest BCUT2D eigenvalue weighted by Crippen LogP contribution is -2.58. The molecule has 5 heteroatoms. The highest BCUT2D eigenvalue weighted by molar-refractivity contribution is 5.76. The lowest BCUT2D eigenvalue weighted by Gasteiger charge is -2.38. The summed E-state index contributed by atoms with van der Waals surface area (Å²) in [5.74, 6) is -0.154. The van der Waals surface area contributed by atoms with Crippen LogP contribution in [0, 0.1) is 6.17 Å². The molecule has 1 aromatic carbocycles. The molecule has 0 aromatic heterocycles. The Hall–Kier alpha value is -1.43. The zero-order valence-electron chi connectivity index (χ0n) is 11.7. The molecule has 3 rings (SSSR count). The molecule has 1 unspecified atom stereocenters. The van der Waals surface area contributed by atoms with E-state index in [1.165, 1.54) is 11.1 Å². The summed E-state index contributed by atoms with van der Waals surface area (Å²) in [4.78, 5) is 14.3. The molecule has 0 bridgehead atoms. The van der Waals surface area contributed by atoms with E-state index >= 15 is 0 Å². The summed E-state index contributed by atoms with van der Waals surface area (Å²) in [6.07, 6.45) is 1.06. The van der Waals surface area contributed by atoms with E-state index in [0.717, 1.165) is 25.8 Å². The zero-order chi connectivity index (χ0) is 13.9. The van der Waals surface area contributed by atoms with Crippen LogP contribution in [0.15, 0.2) is 24.3 Å². The van der Waals surface area contributed by atoms with Crippen molar-refractivity contribution >= 4 is 5.97 Å². The Morgan fingerprint density at radius 2 is 2.30 bits per heavy atom.